The second kappa shape index (κ2) is 8.39. The van der Waals surface area contributed by atoms with E-state index in [1.807, 2.05) is 26.1 Å². The summed E-state index contributed by atoms with van der Waals surface area (Å²) < 4.78 is 6.14. The molecule has 0 spiro atoms. The van der Waals surface area contributed by atoms with Crippen LogP contribution in [0.25, 0.3) is 16.5 Å². The molecule has 3 amide bonds. The molecule has 39 heavy (non-hydrogen) atoms. The van der Waals surface area contributed by atoms with Gasteiger partial charge in [-0.3, -0.25) is 28.9 Å². The number of H-pyrrole nitrogens is 1. The average Bonchev–Trinajstić information content (AvgIpc) is 3.61. The molecule has 206 valence electrons. The number of aromatic nitrogens is 1. The van der Waals surface area contributed by atoms with E-state index >= 15 is 0 Å². The van der Waals surface area contributed by atoms with Crippen molar-refractivity contribution in [3.05, 3.63) is 41.6 Å². The third-order valence-electron chi connectivity index (χ3n) is 9.42. The Bertz CT molecular complexity index is 1430. The molecule has 1 aliphatic carbocycles. The van der Waals surface area contributed by atoms with Gasteiger partial charge in [0.2, 0.25) is 17.5 Å². The van der Waals surface area contributed by atoms with Crippen molar-refractivity contribution in [2.75, 3.05) is 20.1 Å². The highest BCUT2D eigenvalue weighted by atomic mass is 16.7. The fraction of sp³-hybridized carbons (Fsp3) is 0.552. The number of nitrogens with zero attached hydrogens (tertiary/aromatic N) is 3. The summed E-state index contributed by atoms with van der Waals surface area (Å²) in [6.07, 6.45) is 7.29. The molecule has 2 aromatic rings. The standard InChI is InChI=1S/C29H35N5O5/c1-4-7-21-26(36)33-11-6-10-23(33)29(38)34(21)27(37)28(2,39-29)31-25(35)17-12-19-18-8-5-9-20-24(18)16(14-30-20)13-22(19)32(3)15-17/h5,8-9,12,14,17,21-23,30,38H,4,6-7,10-11,13,15H2,1-3H3,(H,31,35). The molecule has 1 aromatic heterocycles. The summed E-state index contributed by atoms with van der Waals surface area (Å²) in [5.74, 6) is -3.57. The number of amides is 3. The number of likely N-dealkylation sites (N-methyl/N-ethyl adjacent to an activating group) is 1. The largest absolute Gasteiger partial charge is 0.361 e. The van der Waals surface area contributed by atoms with Gasteiger partial charge in [-0.25, -0.2) is 0 Å². The van der Waals surface area contributed by atoms with Gasteiger partial charge in [0.15, 0.2) is 0 Å². The Labute approximate surface area is 226 Å². The first-order valence-electron chi connectivity index (χ1n) is 14.1. The van der Waals surface area contributed by atoms with Crippen molar-refractivity contribution in [2.45, 2.75) is 75.7 Å². The van der Waals surface area contributed by atoms with Gasteiger partial charge in [-0.15, -0.1) is 0 Å². The summed E-state index contributed by atoms with van der Waals surface area (Å²) in [5.41, 5.74) is 2.80. The maximum Gasteiger partial charge on any atom is 0.280 e. The third-order valence-corrected chi connectivity index (χ3v) is 9.42. The van der Waals surface area contributed by atoms with Crippen molar-refractivity contribution in [3.8, 4) is 0 Å². The number of benzene rings is 1. The van der Waals surface area contributed by atoms with E-state index in [0.29, 0.717) is 32.4 Å². The van der Waals surface area contributed by atoms with Gasteiger partial charge in [0, 0.05) is 36.2 Å². The molecule has 6 unspecified atom stereocenters. The van der Waals surface area contributed by atoms with E-state index < -0.39 is 35.5 Å². The van der Waals surface area contributed by atoms with Gasteiger partial charge in [-0.2, -0.15) is 0 Å². The van der Waals surface area contributed by atoms with E-state index in [-0.39, 0.29) is 17.9 Å². The number of nitrogens with one attached hydrogen (secondary N) is 2. The Morgan fingerprint density at radius 3 is 2.92 bits per heavy atom. The lowest BCUT2D eigenvalue weighted by molar-refractivity contribution is -0.315. The van der Waals surface area contributed by atoms with Crippen LogP contribution in [0.2, 0.25) is 0 Å². The quantitative estimate of drug-likeness (QED) is 0.549. The highest BCUT2D eigenvalue weighted by Gasteiger charge is 2.69. The normalized spacial score (nSPS) is 35.6. The second-order valence-electron chi connectivity index (χ2n) is 11.9. The van der Waals surface area contributed by atoms with Crippen LogP contribution in [0.3, 0.4) is 0 Å². The number of ether oxygens (including phenoxy) is 1. The van der Waals surface area contributed by atoms with Crippen LogP contribution in [0, 0.1) is 5.92 Å². The molecule has 3 N–H and O–H groups in total. The maximum absolute atomic E-state index is 13.9. The van der Waals surface area contributed by atoms with Gasteiger partial charge >= 0.3 is 0 Å². The molecule has 5 heterocycles. The maximum atomic E-state index is 13.9. The smallest absolute Gasteiger partial charge is 0.280 e. The van der Waals surface area contributed by atoms with Crippen molar-refractivity contribution in [2.24, 2.45) is 5.92 Å². The van der Waals surface area contributed by atoms with E-state index in [4.69, 9.17) is 4.74 Å². The Balaban J connectivity index is 1.20. The van der Waals surface area contributed by atoms with Gasteiger partial charge in [0.25, 0.3) is 11.8 Å². The van der Waals surface area contributed by atoms with Crippen molar-refractivity contribution in [1.29, 1.82) is 0 Å². The average molecular weight is 534 g/mol. The van der Waals surface area contributed by atoms with Crippen LogP contribution in [-0.4, -0.2) is 92.4 Å². The molecule has 3 saturated heterocycles. The summed E-state index contributed by atoms with van der Waals surface area (Å²) in [7, 11) is 2.02. The first-order valence-corrected chi connectivity index (χ1v) is 14.1. The molecule has 10 heteroatoms. The van der Waals surface area contributed by atoms with E-state index in [2.05, 4.69) is 33.5 Å². The zero-order chi connectivity index (χ0) is 27.3. The summed E-state index contributed by atoms with van der Waals surface area (Å²) in [4.78, 5) is 49.3. The minimum atomic E-state index is -1.97. The number of hydrogen-bond acceptors (Lipinski definition) is 6. The molecule has 7 rings (SSSR count). The predicted octanol–water partition coefficient (Wildman–Crippen LogP) is 1.55. The number of rotatable bonds is 4. The van der Waals surface area contributed by atoms with Crippen LogP contribution in [0.5, 0.6) is 0 Å². The van der Waals surface area contributed by atoms with Crippen molar-refractivity contribution < 1.29 is 24.2 Å². The number of carbonyl (C=O) groups excluding carboxylic acids is 3. The van der Waals surface area contributed by atoms with Gasteiger partial charge in [0.05, 0.1) is 5.92 Å². The molecule has 10 nitrogen and oxygen atoms in total. The molecule has 4 aliphatic heterocycles. The molecule has 0 bridgehead atoms. The number of piperazine rings is 1. The lowest BCUT2D eigenvalue weighted by atomic mass is 9.79. The lowest BCUT2D eigenvalue weighted by Crippen LogP contribution is -2.71. The second-order valence-corrected chi connectivity index (χ2v) is 11.9. The molecule has 0 saturated carbocycles. The van der Waals surface area contributed by atoms with Gasteiger partial charge in [-0.05, 0) is 62.4 Å². The highest BCUT2D eigenvalue weighted by Crippen LogP contribution is 2.46. The van der Waals surface area contributed by atoms with E-state index in [1.165, 1.54) is 22.8 Å². The Hall–Kier alpha value is -3.21. The highest BCUT2D eigenvalue weighted by molar-refractivity contribution is 6.00. The van der Waals surface area contributed by atoms with Gasteiger partial charge in [-0.1, -0.05) is 31.6 Å². The summed E-state index contributed by atoms with van der Waals surface area (Å²) in [5, 5.41) is 15.8. The minimum Gasteiger partial charge on any atom is -0.361 e. The molecule has 3 fully saturated rings. The van der Waals surface area contributed by atoms with Gasteiger partial charge in [0.1, 0.15) is 12.1 Å². The Morgan fingerprint density at radius 1 is 1.31 bits per heavy atom. The molecule has 5 aliphatic rings. The summed E-state index contributed by atoms with van der Waals surface area (Å²) in [6.45, 7) is 4.44. The molecule has 6 atom stereocenters. The SMILES string of the molecule is CCCC1C(=O)N2CCCC2C2(O)OC(C)(NC(=O)C3C=C4c5cccc6[nH]cc(c56)CC4N(C)C3)C(=O)N12. The van der Waals surface area contributed by atoms with E-state index in [9.17, 15) is 19.5 Å². The number of aliphatic hydroxyl groups is 1. The molecule has 1 aromatic carbocycles. The van der Waals surface area contributed by atoms with Gasteiger partial charge < -0.3 is 20.3 Å². The fourth-order valence-corrected chi connectivity index (χ4v) is 7.63. The lowest BCUT2D eigenvalue weighted by Gasteiger charge is -2.48. The minimum absolute atomic E-state index is 0.156. The van der Waals surface area contributed by atoms with Crippen LogP contribution >= 0.6 is 0 Å². The number of hydrogen-bond donors (Lipinski definition) is 3. The number of fused-ring (bicyclic) bond motifs is 5. The van der Waals surface area contributed by atoms with Crippen molar-refractivity contribution in [3.63, 3.8) is 0 Å². The van der Waals surface area contributed by atoms with E-state index in [1.54, 1.807) is 4.90 Å². The van der Waals surface area contributed by atoms with Crippen molar-refractivity contribution >= 4 is 34.2 Å². The number of aromatic amines is 1. The van der Waals surface area contributed by atoms with Crippen LogP contribution in [-0.2, 0) is 25.5 Å². The number of carbonyl (C=O) groups is 3. The fourth-order valence-electron chi connectivity index (χ4n) is 7.63. The van der Waals surface area contributed by atoms with Crippen LogP contribution in [0.4, 0.5) is 0 Å². The van der Waals surface area contributed by atoms with Crippen LogP contribution in [0.1, 0.15) is 50.7 Å². The zero-order valence-corrected chi connectivity index (χ0v) is 22.6. The predicted molar refractivity (Wildman–Crippen MR) is 143 cm³/mol. The summed E-state index contributed by atoms with van der Waals surface area (Å²) in [6, 6.07) is 4.87. The molecular formula is C29H35N5O5. The Kier molecular flexibility index (Phi) is 5.34. The van der Waals surface area contributed by atoms with Crippen LogP contribution < -0.4 is 5.32 Å². The van der Waals surface area contributed by atoms with Crippen molar-refractivity contribution in [1.82, 2.24) is 25.0 Å². The molecular weight excluding hydrogens is 498 g/mol. The first kappa shape index (κ1) is 24.8. The Morgan fingerprint density at radius 2 is 2.13 bits per heavy atom. The zero-order valence-electron chi connectivity index (χ0n) is 22.6. The monoisotopic (exact) mass is 533 g/mol. The first-order chi connectivity index (χ1) is 18.7. The summed E-state index contributed by atoms with van der Waals surface area (Å²) >= 11 is 0. The van der Waals surface area contributed by atoms with Crippen LogP contribution in [0.15, 0.2) is 30.5 Å². The molecule has 0 radical (unpaired) electrons. The topological polar surface area (TPSA) is 118 Å². The third kappa shape index (κ3) is 3.34. The van der Waals surface area contributed by atoms with E-state index in [0.717, 1.165) is 29.5 Å².